The zero-order chi connectivity index (χ0) is 24.3. The zero-order valence-corrected chi connectivity index (χ0v) is 20.7. The Bertz CT molecular complexity index is 1170. The molecule has 0 spiro atoms. The van der Waals surface area contributed by atoms with E-state index in [1.54, 1.807) is 0 Å². The number of carbonyl (C=O) groups excluding carboxylic acids is 1. The van der Waals surface area contributed by atoms with Crippen molar-refractivity contribution in [2.24, 2.45) is 34.3 Å². The van der Waals surface area contributed by atoms with Crippen LogP contribution in [0.3, 0.4) is 0 Å². The Kier molecular flexibility index (Phi) is 5.78. The molecule has 3 unspecified atom stereocenters. The molecule has 0 radical (unpaired) electrons. The van der Waals surface area contributed by atoms with Gasteiger partial charge in [0, 0.05) is 5.02 Å². The number of fused-ring (bicyclic) bond motifs is 5. The van der Waals surface area contributed by atoms with Crippen LogP contribution in [-0.4, -0.2) is 17.1 Å². The largest absolute Gasteiger partial charge is 0.393 e. The smallest absolute Gasteiger partial charge is 0.259 e. The average molecular weight is 477 g/mol. The molecule has 3 fully saturated rings. The van der Waals surface area contributed by atoms with Gasteiger partial charge in [-0.05, 0) is 102 Å². The molecule has 6 atom stereocenters. The summed E-state index contributed by atoms with van der Waals surface area (Å²) in [5.74, 6) is 0.714. The molecule has 3 N–H and O–H groups in total. The van der Waals surface area contributed by atoms with Crippen molar-refractivity contribution in [2.75, 3.05) is 0 Å². The fourth-order valence-electron chi connectivity index (χ4n) is 7.95. The number of rotatable bonds is 2. The lowest BCUT2D eigenvalue weighted by molar-refractivity contribution is -0.114. The molecule has 178 valence electrons. The van der Waals surface area contributed by atoms with Crippen LogP contribution in [0.5, 0.6) is 0 Å². The first-order valence-electron chi connectivity index (χ1n) is 12.5. The molecular weight excluding hydrogens is 444 g/mol. The minimum absolute atomic E-state index is 0.0980. The molecule has 1 aromatic rings. The molecule has 0 aromatic heterocycles. The number of aliphatic hydroxyl groups excluding tert-OH is 1. The lowest BCUT2D eigenvalue weighted by Gasteiger charge is -2.57. The van der Waals surface area contributed by atoms with Crippen molar-refractivity contribution in [1.29, 1.82) is 5.26 Å². The van der Waals surface area contributed by atoms with Crippen molar-refractivity contribution in [3.63, 3.8) is 0 Å². The number of aliphatic hydroxyl groups is 1. The Morgan fingerprint density at radius 3 is 2.62 bits per heavy atom. The summed E-state index contributed by atoms with van der Waals surface area (Å²) in [5.41, 5.74) is 9.89. The van der Waals surface area contributed by atoms with Crippen LogP contribution in [0.2, 0.25) is 5.02 Å². The Balaban J connectivity index is 1.63. The highest BCUT2D eigenvalue weighted by molar-refractivity contribution is 6.32. The molecule has 3 saturated carbocycles. The molecule has 1 aromatic carbocycles. The summed E-state index contributed by atoms with van der Waals surface area (Å²) in [6, 6.07) is 9.84. The fraction of sp³-hybridized carbons (Fsp3) is 0.517. The van der Waals surface area contributed by atoms with Crippen LogP contribution in [0, 0.1) is 39.9 Å². The number of halogens is 1. The SMILES string of the molecule is C[C@]12CC[C@H](O)CC1=CCC1C2CC[C@]2(C)C(=C(\C#N)C(N)=O)/C(=C/c3ccccc3Cl)CC12. The van der Waals surface area contributed by atoms with Gasteiger partial charge in [0.05, 0.1) is 6.10 Å². The third-order valence-electron chi connectivity index (χ3n) is 9.64. The monoisotopic (exact) mass is 476 g/mol. The normalized spacial score (nSPS) is 39.4. The number of primary amides is 1. The van der Waals surface area contributed by atoms with Gasteiger partial charge >= 0.3 is 0 Å². The summed E-state index contributed by atoms with van der Waals surface area (Å²) in [6.45, 7) is 4.64. The van der Waals surface area contributed by atoms with Crippen LogP contribution in [0.4, 0.5) is 0 Å². The van der Waals surface area contributed by atoms with Gasteiger partial charge in [0.2, 0.25) is 0 Å². The van der Waals surface area contributed by atoms with E-state index in [0.717, 1.165) is 61.7 Å². The van der Waals surface area contributed by atoms with Crippen molar-refractivity contribution in [3.05, 3.63) is 63.2 Å². The highest BCUT2D eigenvalue weighted by atomic mass is 35.5. The number of nitriles is 1. The van der Waals surface area contributed by atoms with Crippen LogP contribution >= 0.6 is 11.6 Å². The van der Waals surface area contributed by atoms with E-state index in [9.17, 15) is 15.2 Å². The molecule has 4 nitrogen and oxygen atoms in total. The summed E-state index contributed by atoms with van der Waals surface area (Å²) < 4.78 is 0. The Labute approximate surface area is 207 Å². The van der Waals surface area contributed by atoms with Gasteiger partial charge in [0.1, 0.15) is 11.6 Å². The Hall–Kier alpha value is -2.35. The van der Waals surface area contributed by atoms with Gasteiger partial charge in [-0.15, -0.1) is 0 Å². The second-order valence-corrected chi connectivity index (χ2v) is 11.6. The van der Waals surface area contributed by atoms with Crippen molar-refractivity contribution >= 4 is 23.6 Å². The lowest BCUT2D eigenvalue weighted by atomic mass is 9.47. The van der Waals surface area contributed by atoms with E-state index in [4.69, 9.17) is 17.3 Å². The molecule has 4 aliphatic rings. The van der Waals surface area contributed by atoms with E-state index in [1.165, 1.54) is 5.57 Å². The summed E-state index contributed by atoms with van der Waals surface area (Å²) in [5, 5.41) is 20.9. The molecule has 5 heteroatoms. The number of carbonyl (C=O) groups is 1. The van der Waals surface area contributed by atoms with E-state index in [2.05, 4.69) is 32.1 Å². The molecule has 0 saturated heterocycles. The number of hydrogen-bond acceptors (Lipinski definition) is 3. The van der Waals surface area contributed by atoms with E-state index in [1.807, 2.05) is 24.3 Å². The van der Waals surface area contributed by atoms with Crippen molar-refractivity contribution in [1.82, 2.24) is 0 Å². The van der Waals surface area contributed by atoms with Crippen molar-refractivity contribution in [2.45, 2.75) is 64.9 Å². The minimum Gasteiger partial charge on any atom is -0.393 e. The van der Waals surface area contributed by atoms with E-state index < -0.39 is 5.91 Å². The molecule has 5 rings (SSSR count). The minimum atomic E-state index is -0.648. The number of allylic oxidation sites excluding steroid dienone is 3. The zero-order valence-electron chi connectivity index (χ0n) is 20.0. The van der Waals surface area contributed by atoms with Gasteiger partial charge in [-0.25, -0.2) is 0 Å². The van der Waals surface area contributed by atoms with Crippen molar-refractivity contribution < 1.29 is 9.90 Å². The molecular formula is C29H33ClN2O2. The number of hydrogen-bond donors (Lipinski definition) is 2. The number of nitrogens with two attached hydrogens (primary N) is 1. The third-order valence-corrected chi connectivity index (χ3v) is 9.99. The summed E-state index contributed by atoms with van der Waals surface area (Å²) in [6.07, 6.45) is 10.7. The quantitative estimate of drug-likeness (QED) is 0.313. The molecule has 34 heavy (non-hydrogen) atoms. The Morgan fingerprint density at radius 2 is 1.91 bits per heavy atom. The highest BCUT2D eigenvalue weighted by Gasteiger charge is 2.59. The van der Waals surface area contributed by atoms with Crippen LogP contribution < -0.4 is 5.73 Å². The van der Waals surface area contributed by atoms with Gasteiger partial charge in [0.15, 0.2) is 0 Å². The topological polar surface area (TPSA) is 87.1 Å². The summed E-state index contributed by atoms with van der Waals surface area (Å²) >= 11 is 6.49. The first-order valence-corrected chi connectivity index (χ1v) is 12.8. The van der Waals surface area contributed by atoms with Gasteiger partial charge in [-0.2, -0.15) is 5.26 Å². The van der Waals surface area contributed by atoms with Gasteiger partial charge < -0.3 is 10.8 Å². The van der Waals surface area contributed by atoms with E-state index in [0.29, 0.717) is 22.8 Å². The highest BCUT2D eigenvalue weighted by Crippen LogP contribution is 2.67. The second-order valence-electron chi connectivity index (χ2n) is 11.2. The summed E-state index contributed by atoms with van der Waals surface area (Å²) in [7, 11) is 0. The van der Waals surface area contributed by atoms with E-state index >= 15 is 0 Å². The number of nitrogens with zero attached hydrogens (tertiary/aromatic N) is 1. The predicted molar refractivity (Wildman–Crippen MR) is 134 cm³/mol. The molecule has 0 bridgehead atoms. The predicted octanol–water partition coefficient (Wildman–Crippen LogP) is 5.96. The van der Waals surface area contributed by atoms with Crippen LogP contribution in [0.15, 0.2) is 52.6 Å². The maximum Gasteiger partial charge on any atom is 0.259 e. The first-order chi connectivity index (χ1) is 16.2. The van der Waals surface area contributed by atoms with E-state index in [-0.39, 0.29) is 22.5 Å². The fourth-order valence-corrected chi connectivity index (χ4v) is 8.14. The lowest BCUT2D eigenvalue weighted by Crippen LogP contribution is -2.49. The number of amides is 1. The second kappa shape index (κ2) is 8.40. The molecule has 0 heterocycles. The maximum absolute atomic E-state index is 12.4. The third kappa shape index (κ3) is 3.48. The van der Waals surface area contributed by atoms with Crippen LogP contribution in [0.1, 0.15) is 64.4 Å². The summed E-state index contributed by atoms with van der Waals surface area (Å²) in [4.78, 5) is 12.4. The standard InChI is InChI=1S/C29H33ClN2O2/c1-28-11-9-20(33)15-19(28)7-8-21-23(28)10-12-29(2)24(21)14-18(26(29)22(16-31)27(32)34)13-17-5-3-4-6-25(17)30/h3-7,13,20-21,23-24,33H,8-12,14-15H2,1-2H3,(H2,32,34)/b18-13+,26-22+/t20-,21?,23?,24?,28-,29-/m0/s1. The molecule has 4 aliphatic carbocycles. The Morgan fingerprint density at radius 1 is 1.18 bits per heavy atom. The molecule has 1 amide bonds. The van der Waals surface area contributed by atoms with Crippen LogP contribution in [-0.2, 0) is 4.79 Å². The van der Waals surface area contributed by atoms with Gasteiger partial charge in [-0.3, -0.25) is 4.79 Å². The first kappa shape index (κ1) is 23.4. The van der Waals surface area contributed by atoms with Gasteiger partial charge in [0.25, 0.3) is 5.91 Å². The van der Waals surface area contributed by atoms with Crippen LogP contribution in [0.25, 0.3) is 6.08 Å². The maximum atomic E-state index is 12.4. The van der Waals surface area contributed by atoms with Crippen molar-refractivity contribution in [3.8, 4) is 6.07 Å². The number of benzene rings is 1. The molecule has 0 aliphatic heterocycles. The average Bonchev–Trinajstić information content (AvgIpc) is 3.08. The van der Waals surface area contributed by atoms with Gasteiger partial charge in [-0.1, -0.05) is 55.3 Å².